The van der Waals surface area contributed by atoms with E-state index in [1.165, 1.54) is 11.1 Å². The first-order valence-corrected chi connectivity index (χ1v) is 6.41. The summed E-state index contributed by atoms with van der Waals surface area (Å²) in [7, 11) is 0. The van der Waals surface area contributed by atoms with Crippen LogP contribution in [0.4, 0.5) is 4.79 Å². The Morgan fingerprint density at radius 2 is 1.89 bits per heavy atom. The van der Waals surface area contributed by atoms with Crippen molar-refractivity contribution in [1.82, 2.24) is 0 Å². The lowest BCUT2D eigenvalue weighted by atomic mass is 9.84. The molecule has 3 atom stereocenters. The van der Waals surface area contributed by atoms with Crippen LogP contribution in [-0.4, -0.2) is 12.0 Å². The Hall–Kier alpha value is -1.54. The first-order chi connectivity index (χ1) is 8.77. The molecule has 0 bridgehead atoms. The Morgan fingerprint density at radius 3 is 2.67 bits per heavy atom. The van der Waals surface area contributed by atoms with Crippen LogP contribution in [0.15, 0.2) is 48.6 Å². The van der Waals surface area contributed by atoms with E-state index in [0.29, 0.717) is 18.4 Å². The lowest BCUT2D eigenvalue weighted by molar-refractivity contribution is 0.159. The highest BCUT2D eigenvalue weighted by molar-refractivity contribution is 6.61. The molecule has 3 rings (SSSR count). The molecule has 2 aliphatic rings. The monoisotopic (exact) mass is 260 g/mol. The van der Waals surface area contributed by atoms with Gasteiger partial charge in [0.25, 0.3) is 0 Å². The van der Waals surface area contributed by atoms with Crippen molar-refractivity contribution < 1.29 is 9.53 Å². The SMILES string of the molecule is O=C(Cl)OCC1c2ccccc2C2C=CC=CC21. The van der Waals surface area contributed by atoms with Gasteiger partial charge in [0.05, 0.1) is 0 Å². The van der Waals surface area contributed by atoms with Gasteiger partial charge in [-0.05, 0) is 17.0 Å². The van der Waals surface area contributed by atoms with Crippen molar-refractivity contribution in [3.8, 4) is 0 Å². The summed E-state index contributed by atoms with van der Waals surface area (Å²) < 4.78 is 5.00. The molecule has 1 aromatic carbocycles. The second-order valence-electron chi connectivity index (χ2n) is 4.66. The summed E-state index contributed by atoms with van der Waals surface area (Å²) in [6, 6.07) is 8.35. The minimum Gasteiger partial charge on any atom is -0.453 e. The van der Waals surface area contributed by atoms with Gasteiger partial charge in [0.1, 0.15) is 6.61 Å². The Kier molecular flexibility index (Phi) is 2.96. The second-order valence-corrected chi connectivity index (χ2v) is 4.97. The topological polar surface area (TPSA) is 26.3 Å². The van der Waals surface area contributed by atoms with Crippen molar-refractivity contribution in [2.45, 2.75) is 11.8 Å². The number of halogens is 1. The van der Waals surface area contributed by atoms with Gasteiger partial charge in [0.2, 0.25) is 0 Å². The molecule has 2 aliphatic carbocycles. The molecule has 0 saturated heterocycles. The Labute approximate surface area is 111 Å². The molecular weight excluding hydrogens is 248 g/mol. The third-order valence-corrected chi connectivity index (χ3v) is 3.88. The smallest absolute Gasteiger partial charge is 0.403 e. The Balaban J connectivity index is 1.95. The molecule has 18 heavy (non-hydrogen) atoms. The van der Waals surface area contributed by atoms with Gasteiger partial charge in [0, 0.05) is 23.4 Å². The number of fused-ring (bicyclic) bond motifs is 3. The van der Waals surface area contributed by atoms with E-state index in [2.05, 4.69) is 42.5 Å². The fourth-order valence-electron chi connectivity index (χ4n) is 3.04. The van der Waals surface area contributed by atoms with E-state index in [9.17, 15) is 4.79 Å². The number of benzene rings is 1. The number of allylic oxidation sites excluding steroid dienone is 4. The Bertz CT molecular complexity index is 533. The molecule has 3 unspecified atom stereocenters. The maximum atomic E-state index is 10.8. The van der Waals surface area contributed by atoms with E-state index in [1.807, 2.05) is 6.07 Å². The van der Waals surface area contributed by atoms with E-state index in [0.717, 1.165) is 0 Å². The number of ether oxygens (including phenoxy) is 1. The van der Waals surface area contributed by atoms with E-state index >= 15 is 0 Å². The van der Waals surface area contributed by atoms with E-state index in [1.54, 1.807) is 0 Å². The average molecular weight is 261 g/mol. The van der Waals surface area contributed by atoms with Gasteiger partial charge in [-0.25, -0.2) is 4.79 Å². The number of rotatable bonds is 2. The molecule has 0 fully saturated rings. The molecule has 3 heteroatoms. The fourth-order valence-corrected chi connectivity index (χ4v) is 3.10. The van der Waals surface area contributed by atoms with Crippen LogP contribution in [0.25, 0.3) is 0 Å². The molecule has 0 aliphatic heterocycles. The summed E-state index contributed by atoms with van der Waals surface area (Å²) in [5.41, 5.74) is 1.87. The van der Waals surface area contributed by atoms with Crippen LogP contribution in [0.5, 0.6) is 0 Å². The molecule has 0 N–H and O–H groups in total. The van der Waals surface area contributed by atoms with Crippen molar-refractivity contribution >= 4 is 17.0 Å². The standard InChI is InChI=1S/C15H13ClO2/c16-15(17)18-9-14-12-7-3-1-5-10(12)11-6-2-4-8-13(11)14/h1-8,10,12,14H,9H2. The van der Waals surface area contributed by atoms with Crippen LogP contribution >= 0.6 is 11.6 Å². The molecule has 0 heterocycles. The van der Waals surface area contributed by atoms with E-state index in [4.69, 9.17) is 16.3 Å². The molecular formula is C15H13ClO2. The number of carbonyl (C=O) groups is 1. The Morgan fingerprint density at radius 1 is 1.17 bits per heavy atom. The van der Waals surface area contributed by atoms with Crippen LogP contribution in [-0.2, 0) is 4.74 Å². The predicted octanol–water partition coefficient (Wildman–Crippen LogP) is 3.99. The van der Waals surface area contributed by atoms with Crippen molar-refractivity contribution in [1.29, 1.82) is 0 Å². The minimum absolute atomic E-state index is 0.204. The first kappa shape index (κ1) is 11.5. The van der Waals surface area contributed by atoms with Crippen LogP contribution in [0.2, 0.25) is 0 Å². The highest BCUT2D eigenvalue weighted by Crippen LogP contribution is 2.49. The molecule has 0 amide bonds. The average Bonchev–Trinajstić information content (AvgIpc) is 2.71. The molecule has 2 nitrogen and oxygen atoms in total. The molecule has 0 aromatic heterocycles. The molecule has 1 aromatic rings. The summed E-state index contributed by atoms with van der Waals surface area (Å²) in [6.07, 6.45) is 8.54. The lowest BCUT2D eigenvalue weighted by Crippen LogP contribution is -2.16. The number of hydrogen-bond donors (Lipinski definition) is 0. The van der Waals surface area contributed by atoms with Gasteiger partial charge >= 0.3 is 5.43 Å². The van der Waals surface area contributed by atoms with Gasteiger partial charge < -0.3 is 4.74 Å². The minimum atomic E-state index is -0.730. The summed E-state index contributed by atoms with van der Waals surface area (Å²) in [5, 5.41) is 0. The van der Waals surface area contributed by atoms with Gasteiger partial charge in [-0.3, -0.25) is 0 Å². The van der Waals surface area contributed by atoms with Gasteiger partial charge in [-0.1, -0.05) is 48.6 Å². The summed E-state index contributed by atoms with van der Waals surface area (Å²) in [5.74, 6) is 0.962. The molecule has 0 radical (unpaired) electrons. The van der Waals surface area contributed by atoms with Gasteiger partial charge in [-0.15, -0.1) is 0 Å². The fraction of sp³-hybridized carbons (Fsp3) is 0.267. The third-order valence-electron chi connectivity index (χ3n) is 3.77. The zero-order valence-electron chi connectivity index (χ0n) is 9.75. The highest BCUT2D eigenvalue weighted by Gasteiger charge is 2.38. The largest absolute Gasteiger partial charge is 0.453 e. The molecule has 0 spiro atoms. The summed E-state index contributed by atoms with van der Waals surface area (Å²) in [6.45, 7) is 0.346. The van der Waals surface area contributed by atoms with Crippen LogP contribution in [0.1, 0.15) is 23.0 Å². The van der Waals surface area contributed by atoms with Crippen molar-refractivity contribution in [2.75, 3.05) is 6.61 Å². The maximum absolute atomic E-state index is 10.8. The van der Waals surface area contributed by atoms with E-state index in [-0.39, 0.29) is 5.92 Å². The van der Waals surface area contributed by atoms with Crippen LogP contribution in [0, 0.1) is 5.92 Å². The zero-order valence-corrected chi connectivity index (χ0v) is 10.5. The molecule has 0 saturated carbocycles. The van der Waals surface area contributed by atoms with Crippen molar-refractivity contribution in [2.24, 2.45) is 5.92 Å². The normalized spacial score (nSPS) is 27.7. The van der Waals surface area contributed by atoms with Crippen LogP contribution < -0.4 is 0 Å². The second kappa shape index (κ2) is 4.62. The number of hydrogen-bond acceptors (Lipinski definition) is 2. The van der Waals surface area contributed by atoms with Crippen LogP contribution in [0.3, 0.4) is 0 Å². The first-order valence-electron chi connectivity index (χ1n) is 6.03. The van der Waals surface area contributed by atoms with E-state index < -0.39 is 5.43 Å². The van der Waals surface area contributed by atoms with Gasteiger partial charge in [0.15, 0.2) is 0 Å². The van der Waals surface area contributed by atoms with Gasteiger partial charge in [-0.2, -0.15) is 0 Å². The summed E-state index contributed by atoms with van der Waals surface area (Å²) >= 11 is 5.27. The third kappa shape index (κ3) is 1.87. The summed E-state index contributed by atoms with van der Waals surface area (Å²) in [4.78, 5) is 10.8. The van der Waals surface area contributed by atoms with Crippen molar-refractivity contribution in [3.05, 3.63) is 59.7 Å². The zero-order chi connectivity index (χ0) is 12.5. The predicted molar refractivity (Wildman–Crippen MR) is 70.9 cm³/mol. The molecule has 92 valence electrons. The maximum Gasteiger partial charge on any atom is 0.403 e. The van der Waals surface area contributed by atoms with Crippen molar-refractivity contribution in [3.63, 3.8) is 0 Å². The lowest BCUT2D eigenvalue weighted by Gasteiger charge is -2.21. The quantitative estimate of drug-likeness (QED) is 0.752. The number of carbonyl (C=O) groups excluding carboxylic acids is 1. The highest BCUT2D eigenvalue weighted by atomic mass is 35.5.